The van der Waals surface area contributed by atoms with E-state index in [0.717, 1.165) is 25.7 Å². The molecule has 0 bridgehead atoms. The van der Waals surface area contributed by atoms with Crippen molar-refractivity contribution in [1.82, 2.24) is 9.13 Å². The molecule has 4 aromatic carbocycles. The number of nitrogens with zero attached hydrogens (tertiary/aromatic N) is 4. The number of hydrogen-bond acceptors (Lipinski definition) is 0. The minimum Gasteiger partial charge on any atom is -0.198 e. The van der Waals surface area contributed by atoms with Gasteiger partial charge in [-0.05, 0) is 287 Å². The van der Waals surface area contributed by atoms with E-state index in [0.29, 0.717) is 0 Å². The van der Waals surface area contributed by atoms with Crippen LogP contribution in [0.15, 0.2) is 0 Å². The summed E-state index contributed by atoms with van der Waals surface area (Å²) in [6.07, 6.45) is 4.18. The Morgan fingerprint density at radius 3 is 0.841 bits per heavy atom. The predicted octanol–water partition coefficient (Wildman–Crippen LogP) is 15.0. The molecule has 0 atom stereocenters. The van der Waals surface area contributed by atoms with Gasteiger partial charge in [0.1, 0.15) is 0 Å². The summed E-state index contributed by atoms with van der Waals surface area (Å²) in [4.78, 5) is 0. The number of aromatic nitrogens is 2. The van der Waals surface area contributed by atoms with Crippen LogP contribution in [-0.4, -0.2) is 29.7 Å². The smallest absolute Gasteiger partial charge is 0.198 e. The molecule has 4 aliphatic heterocycles. The van der Waals surface area contributed by atoms with Gasteiger partial charge in [0.25, 0.3) is 0 Å². The lowest BCUT2D eigenvalue weighted by atomic mass is 9.80. The highest BCUT2D eigenvalue weighted by atomic mass is 15.6. The summed E-state index contributed by atoms with van der Waals surface area (Å²) in [5.41, 5.74) is 54.3. The van der Waals surface area contributed by atoms with Crippen LogP contribution in [0, 0.1) is 125 Å². The van der Waals surface area contributed by atoms with Crippen LogP contribution in [0.25, 0.3) is 45.1 Å². The van der Waals surface area contributed by atoms with Crippen LogP contribution in [0.2, 0.25) is 0 Å². The second-order valence-corrected chi connectivity index (χ2v) is 22.9. The summed E-state index contributed by atoms with van der Waals surface area (Å²) < 4.78 is 11.8. The molecule has 0 saturated heterocycles. The summed E-state index contributed by atoms with van der Waals surface area (Å²) in [5, 5.41) is 0. The zero-order valence-corrected chi connectivity index (χ0v) is 46.1. The van der Waals surface area contributed by atoms with E-state index < -0.39 is 5.91 Å². The molecule has 0 N–H and O–H groups in total. The molecule has 6 aliphatic rings. The third-order valence-corrected chi connectivity index (χ3v) is 20.8. The molecule has 0 unspecified atom stereocenters. The third-order valence-electron chi connectivity index (χ3n) is 20.8. The average molecular weight is 911 g/mol. The molecule has 2 aliphatic carbocycles. The van der Waals surface area contributed by atoms with Gasteiger partial charge in [-0.2, -0.15) is 9.13 Å². The molecule has 6 heterocycles. The molecule has 4 nitrogen and oxygen atoms in total. The van der Waals surface area contributed by atoms with E-state index in [4.69, 9.17) is 0 Å². The Bertz CT molecular complexity index is 3510. The van der Waals surface area contributed by atoms with Crippen molar-refractivity contribution in [1.29, 1.82) is 0 Å². The molecule has 6 aromatic rings. The van der Waals surface area contributed by atoms with Crippen LogP contribution < -0.4 is 0 Å². The van der Waals surface area contributed by atoms with Gasteiger partial charge in [0.15, 0.2) is 11.4 Å². The standard InChI is InChI=1S/C65H74N4/c1-27-29(3)39(13)55-49(35(27)9)23-25-51-43(17)59-45(19)61-57-41(15)33(7)31(5)37(11)53(57)47(21)66(61)65(68(59)63(51)55)67-48(22)54-38(12)32(6)34(8)42(16)58(54)62(67)46(20)60-44(18)52-26-24-50-36(10)28(2)30(4)40(14)56(50)64(52)69(60)65/h23-26H2,1-22H3/q+2. The van der Waals surface area contributed by atoms with Crippen molar-refractivity contribution in [3.63, 3.8) is 0 Å². The van der Waals surface area contributed by atoms with Crippen LogP contribution in [0.4, 0.5) is 0 Å². The zero-order chi connectivity index (χ0) is 49.6. The molecule has 352 valence electrons. The Hall–Kier alpha value is -5.74. The monoisotopic (exact) mass is 911 g/mol. The highest BCUT2D eigenvalue weighted by Gasteiger charge is 2.73. The molecule has 0 radical (unpaired) electrons. The second kappa shape index (κ2) is 13.8. The summed E-state index contributed by atoms with van der Waals surface area (Å²) in [6.45, 7) is 53.2. The van der Waals surface area contributed by atoms with Gasteiger partial charge in [0.2, 0.25) is 11.4 Å². The zero-order valence-electron chi connectivity index (χ0n) is 46.1. The average Bonchev–Trinajstić information content (AvgIpc) is 4.03. The normalized spacial score (nSPS) is 16.8. The number of benzene rings is 4. The molecule has 12 rings (SSSR count). The van der Waals surface area contributed by atoms with Gasteiger partial charge >= 0.3 is 5.91 Å². The van der Waals surface area contributed by atoms with Crippen molar-refractivity contribution < 1.29 is 9.15 Å². The van der Waals surface area contributed by atoms with E-state index in [9.17, 15) is 0 Å². The van der Waals surface area contributed by atoms with E-state index in [1.807, 2.05) is 0 Å². The lowest BCUT2D eigenvalue weighted by Crippen LogP contribution is -2.63. The molecular formula is C65H74N4+2. The molecule has 0 amide bonds. The van der Waals surface area contributed by atoms with Crippen molar-refractivity contribution in [2.24, 2.45) is 0 Å². The number of allylic oxidation sites excluding steroid dienone is 2. The second-order valence-electron chi connectivity index (χ2n) is 22.9. The van der Waals surface area contributed by atoms with Gasteiger partial charge in [-0.3, -0.25) is 0 Å². The largest absolute Gasteiger partial charge is 0.553 e. The molecular weight excluding hydrogens is 837 g/mol. The van der Waals surface area contributed by atoms with Crippen LogP contribution in [-0.2, 0) is 31.6 Å². The SMILES string of the molecule is CC1=C2c3c(C)c(C)c(C)c(C)c3C(C)=[N+]2C2(n3c1c(C)c1c3-c3c(C)c(C)c(C)c(C)c3CC1)n1c(c(C)c3c1-c1c(C)c(C)c(C)c(C)c1CC3)C(C)=C1c3c(C)c(C)c(C)c(C)c3C(C)=[N+]12. The summed E-state index contributed by atoms with van der Waals surface area (Å²) in [6, 6.07) is 0. The van der Waals surface area contributed by atoms with E-state index in [2.05, 4.69) is 171 Å². The first kappa shape index (κ1) is 44.5. The van der Waals surface area contributed by atoms with E-state index >= 15 is 0 Å². The fourth-order valence-corrected chi connectivity index (χ4v) is 15.8. The van der Waals surface area contributed by atoms with Gasteiger partial charge in [0.05, 0.1) is 45.0 Å². The maximum absolute atomic E-state index is 2.99. The Balaban J connectivity index is 1.44. The summed E-state index contributed by atoms with van der Waals surface area (Å²) in [5.74, 6) is -0.944. The first-order valence-corrected chi connectivity index (χ1v) is 26.1. The van der Waals surface area contributed by atoms with Crippen LogP contribution in [0.3, 0.4) is 0 Å². The maximum atomic E-state index is 2.99. The third kappa shape index (κ3) is 4.66. The minimum absolute atomic E-state index is 0.944. The minimum atomic E-state index is -0.944. The van der Waals surface area contributed by atoms with E-state index in [-0.39, 0.29) is 0 Å². The summed E-state index contributed by atoms with van der Waals surface area (Å²) in [7, 11) is 0. The molecule has 0 fully saturated rings. The Morgan fingerprint density at radius 2 is 0.522 bits per heavy atom. The number of hydrogen-bond donors (Lipinski definition) is 0. The molecule has 0 saturated carbocycles. The maximum Gasteiger partial charge on any atom is 0.553 e. The number of fused-ring (bicyclic) bond motifs is 20. The Morgan fingerprint density at radius 1 is 0.261 bits per heavy atom. The highest BCUT2D eigenvalue weighted by Crippen LogP contribution is 2.62. The molecule has 69 heavy (non-hydrogen) atoms. The van der Waals surface area contributed by atoms with Crippen LogP contribution >= 0.6 is 0 Å². The van der Waals surface area contributed by atoms with E-state index in [1.165, 1.54) is 213 Å². The van der Waals surface area contributed by atoms with Crippen molar-refractivity contribution in [3.8, 4) is 22.5 Å². The number of rotatable bonds is 0. The van der Waals surface area contributed by atoms with Gasteiger partial charge < -0.3 is 0 Å². The van der Waals surface area contributed by atoms with Crippen molar-refractivity contribution in [2.45, 2.75) is 184 Å². The fraction of sp³-hybridized carbons (Fsp3) is 0.415. The molecule has 2 aromatic heterocycles. The fourth-order valence-electron chi connectivity index (χ4n) is 15.8. The van der Waals surface area contributed by atoms with Gasteiger partial charge in [0, 0.05) is 36.1 Å². The Labute approximate surface area is 412 Å². The predicted molar refractivity (Wildman–Crippen MR) is 291 cm³/mol. The van der Waals surface area contributed by atoms with Crippen molar-refractivity contribution in [2.75, 3.05) is 0 Å². The first-order valence-electron chi connectivity index (χ1n) is 26.1. The van der Waals surface area contributed by atoms with E-state index in [1.54, 1.807) is 0 Å². The van der Waals surface area contributed by atoms with Gasteiger partial charge in [-0.15, -0.1) is 0 Å². The Kier molecular flexibility index (Phi) is 8.87. The van der Waals surface area contributed by atoms with Crippen molar-refractivity contribution in [3.05, 3.63) is 156 Å². The quantitative estimate of drug-likeness (QED) is 0.135. The summed E-state index contributed by atoms with van der Waals surface area (Å²) >= 11 is 0. The first-order chi connectivity index (χ1) is 32.5. The van der Waals surface area contributed by atoms with Crippen molar-refractivity contribution >= 4 is 34.0 Å². The van der Waals surface area contributed by atoms with Gasteiger partial charge in [-0.25, -0.2) is 0 Å². The van der Waals surface area contributed by atoms with Crippen LogP contribution in [0.5, 0.6) is 0 Å². The van der Waals surface area contributed by atoms with Crippen LogP contribution in [0.1, 0.15) is 184 Å². The molecule has 1 spiro atoms. The lowest BCUT2D eigenvalue weighted by molar-refractivity contribution is -0.803. The van der Waals surface area contributed by atoms with Gasteiger partial charge in [-0.1, -0.05) is 9.15 Å². The molecule has 4 heteroatoms. The highest BCUT2D eigenvalue weighted by molar-refractivity contribution is 6.13. The topological polar surface area (TPSA) is 15.9 Å². The lowest BCUT2D eigenvalue weighted by Gasteiger charge is -2.40.